The van der Waals surface area contributed by atoms with Crippen molar-refractivity contribution in [3.8, 4) is 55.6 Å². The molecule has 0 N–H and O–H groups in total. The Labute approximate surface area is 468 Å². The molecule has 1 aliphatic carbocycles. The molecule has 0 atom stereocenters. The standard InChI is InChI=1S/C75H64N2Si2/c1-78(2,3)75(79(4,5)6)69-52-72(77(61-37-23-12-24-38-61)71-48-43-58(54-29-15-8-16-30-54)51-68(71)56-33-19-10-20-34-56)64-39-25-26-40-65(64)73(69)66-45-41-59-49-62(44-46-63(59)74(66)75)76(60-35-21-11-22-36-60)70-47-42-57(53-27-13-7-14-28-53)50-67(70)55-31-17-9-18-32-55/h7-52H,1-6H3. The van der Waals surface area contributed by atoms with Crippen LogP contribution in [0.25, 0.3) is 77.2 Å². The fraction of sp³-hybridized carbons (Fsp3) is 0.0933. The number of nitrogens with zero attached hydrogens (tertiary/aromatic N) is 2. The molecule has 0 aromatic heterocycles. The summed E-state index contributed by atoms with van der Waals surface area (Å²) in [5, 5.41) is 5.16. The van der Waals surface area contributed by atoms with Gasteiger partial charge in [-0.15, -0.1) is 0 Å². The average molecular weight is 1050 g/mol. The Kier molecular flexibility index (Phi) is 12.5. The lowest BCUT2D eigenvalue weighted by Crippen LogP contribution is -2.63. The molecule has 0 heterocycles. The molecule has 1 aliphatic rings. The number of fused-ring (bicyclic) bond motifs is 7. The monoisotopic (exact) mass is 1050 g/mol. The molecule has 79 heavy (non-hydrogen) atoms. The molecule has 0 saturated carbocycles. The zero-order valence-corrected chi connectivity index (χ0v) is 48.0. The van der Waals surface area contributed by atoms with Gasteiger partial charge in [-0.25, -0.2) is 0 Å². The van der Waals surface area contributed by atoms with Crippen LogP contribution in [0.4, 0.5) is 34.1 Å². The summed E-state index contributed by atoms with van der Waals surface area (Å²) in [6.07, 6.45) is 0. The van der Waals surface area contributed by atoms with E-state index in [0.29, 0.717) is 0 Å². The van der Waals surface area contributed by atoms with E-state index >= 15 is 0 Å². The predicted molar refractivity (Wildman–Crippen MR) is 345 cm³/mol. The molecule has 0 radical (unpaired) electrons. The first kappa shape index (κ1) is 49.7. The largest absolute Gasteiger partial charge is 0.310 e. The van der Waals surface area contributed by atoms with Gasteiger partial charge in [0.25, 0.3) is 0 Å². The highest BCUT2D eigenvalue weighted by atomic mass is 28.4. The van der Waals surface area contributed by atoms with Crippen molar-refractivity contribution < 1.29 is 0 Å². The number of hydrogen-bond acceptors (Lipinski definition) is 2. The number of hydrogen-bond donors (Lipinski definition) is 0. The summed E-state index contributed by atoms with van der Waals surface area (Å²) in [4.78, 5) is 5.04. The first-order valence-electron chi connectivity index (χ1n) is 27.8. The van der Waals surface area contributed by atoms with Crippen LogP contribution in [0.1, 0.15) is 11.1 Å². The van der Waals surface area contributed by atoms with Gasteiger partial charge in [-0.1, -0.05) is 252 Å². The third kappa shape index (κ3) is 8.46. The third-order valence-electron chi connectivity index (χ3n) is 16.7. The number of para-hydroxylation sites is 2. The highest BCUT2D eigenvalue weighted by molar-refractivity contribution is 7.00. The van der Waals surface area contributed by atoms with Crippen LogP contribution in [0, 0.1) is 0 Å². The van der Waals surface area contributed by atoms with Crippen LogP contribution < -0.4 is 9.80 Å². The maximum absolute atomic E-state index is 2.67. The Morgan fingerprint density at radius 1 is 0.278 bits per heavy atom. The minimum absolute atomic E-state index is 0.181. The highest BCUT2D eigenvalue weighted by Gasteiger charge is 2.60. The maximum Gasteiger partial charge on any atom is 0.0579 e. The highest BCUT2D eigenvalue weighted by Crippen LogP contribution is 2.63. The van der Waals surface area contributed by atoms with Gasteiger partial charge in [0, 0.05) is 38.2 Å². The molecule has 4 heteroatoms. The van der Waals surface area contributed by atoms with Crippen molar-refractivity contribution in [1.82, 2.24) is 0 Å². The average Bonchev–Trinajstić information content (AvgIpc) is 2.25. The molecule has 0 bridgehead atoms. The molecule has 13 rings (SSSR count). The zero-order valence-electron chi connectivity index (χ0n) is 46.0. The Morgan fingerprint density at radius 2 is 0.709 bits per heavy atom. The van der Waals surface area contributed by atoms with Crippen molar-refractivity contribution in [3.63, 3.8) is 0 Å². The first-order valence-corrected chi connectivity index (χ1v) is 34.8. The van der Waals surface area contributed by atoms with Crippen LogP contribution in [-0.2, 0) is 4.66 Å². The summed E-state index contributed by atoms with van der Waals surface area (Å²) in [5.74, 6) is 0. The maximum atomic E-state index is 2.67. The Morgan fingerprint density at radius 3 is 1.20 bits per heavy atom. The molecule has 382 valence electrons. The van der Waals surface area contributed by atoms with E-state index in [4.69, 9.17) is 0 Å². The second-order valence-electron chi connectivity index (χ2n) is 23.3. The third-order valence-corrected chi connectivity index (χ3v) is 26.7. The van der Waals surface area contributed by atoms with E-state index in [1.807, 2.05) is 0 Å². The first-order chi connectivity index (χ1) is 38.5. The van der Waals surface area contributed by atoms with Crippen molar-refractivity contribution in [2.45, 2.75) is 43.9 Å². The molecular weight excluding hydrogens is 985 g/mol. The normalized spacial score (nSPS) is 12.8. The summed E-state index contributed by atoms with van der Waals surface area (Å²) in [6, 6.07) is 104. The number of benzene rings is 12. The zero-order chi connectivity index (χ0) is 53.9. The van der Waals surface area contributed by atoms with Crippen molar-refractivity contribution >= 4 is 71.8 Å². The van der Waals surface area contributed by atoms with E-state index in [9.17, 15) is 0 Å². The second-order valence-corrected chi connectivity index (χ2v) is 34.3. The fourth-order valence-corrected chi connectivity index (χ4v) is 26.8. The van der Waals surface area contributed by atoms with Crippen LogP contribution in [-0.4, -0.2) is 16.1 Å². The lowest BCUT2D eigenvalue weighted by molar-refractivity contribution is 0.962. The van der Waals surface area contributed by atoms with Gasteiger partial charge in [0.1, 0.15) is 0 Å². The van der Waals surface area contributed by atoms with Gasteiger partial charge in [0.2, 0.25) is 0 Å². The van der Waals surface area contributed by atoms with E-state index in [-0.39, 0.29) is 4.66 Å². The van der Waals surface area contributed by atoms with E-state index < -0.39 is 16.1 Å². The molecule has 12 aromatic rings. The molecule has 0 fully saturated rings. The second kappa shape index (κ2) is 19.9. The fourth-order valence-electron chi connectivity index (χ4n) is 13.8. The van der Waals surface area contributed by atoms with Crippen molar-refractivity contribution in [3.05, 3.63) is 290 Å². The van der Waals surface area contributed by atoms with Crippen LogP contribution in [0.5, 0.6) is 0 Å². The molecule has 0 amide bonds. The van der Waals surface area contributed by atoms with Gasteiger partial charge in [-0.2, -0.15) is 0 Å². The minimum Gasteiger partial charge on any atom is -0.310 e. The quantitative estimate of drug-likeness (QED) is 0.113. The summed E-state index contributed by atoms with van der Waals surface area (Å²) in [7, 11) is -4.46. The van der Waals surface area contributed by atoms with Gasteiger partial charge >= 0.3 is 0 Å². The van der Waals surface area contributed by atoms with Crippen LogP contribution >= 0.6 is 0 Å². The van der Waals surface area contributed by atoms with Crippen LogP contribution in [0.15, 0.2) is 279 Å². The summed E-state index contributed by atoms with van der Waals surface area (Å²) >= 11 is 0. The smallest absolute Gasteiger partial charge is 0.0579 e. The lowest BCUT2D eigenvalue weighted by atomic mass is 9.93. The van der Waals surface area contributed by atoms with Crippen LogP contribution in [0.3, 0.4) is 0 Å². The van der Waals surface area contributed by atoms with E-state index in [1.54, 1.807) is 0 Å². The topological polar surface area (TPSA) is 6.48 Å². The van der Waals surface area contributed by atoms with Gasteiger partial charge in [0.05, 0.1) is 33.2 Å². The number of anilines is 6. The van der Waals surface area contributed by atoms with Gasteiger partial charge in [0.15, 0.2) is 0 Å². The molecule has 2 nitrogen and oxygen atoms in total. The SMILES string of the molecule is C[Si](C)(C)C1([Si](C)(C)C)c2cc(N(c3ccccc3)c3ccc(-c4ccccc4)cc3-c3ccccc3)c3ccccc3c2-c2ccc3cc(N(c4ccccc4)c4ccc(-c5ccccc5)cc4-c4ccccc4)ccc3c21. The van der Waals surface area contributed by atoms with E-state index in [1.165, 1.54) is 94.0 Å². The Balaban J connectivity index is 1.05. The van der Waals surface area contributed by atoms with Crippen molar-refractivity contribution in [2.75, 3.05) is 9.80 Å². The lowest BCUT2D eigenvalue weighted by Gasteiger charge is -2.52. The molecule has 0 unspecified atom stereocenters. The van der Waals surface area contributed by atoms with E-state index in [2.05, 4.69) is 328 Å². The molecule has 0 spiro atoms. The van der Waals surface area contributed by atoms with Gasteiger partial charge < -0.3 is 9.80 Å². The Bertz CT molecular complexity index is 4170. The van der Waals surface area contributed by atoms with Crippen molar-refractivity contribution in [2.24, 2.45) is 0 Å². The van der Waals surface area contributed by atoms with Crippen LogP contribution in [0.2, 0.25) is 39.3 Å². The molecular formula is C75H64N2Si2. The predicted octanol–water partition coefficient (Wildman–Crippen LogP) is 21.6. The molecule has 0 aliphatic heterocycles. The van der Waals surface area contributed by atoms with Crippen molar-refractivity contribution in [1.29, 1.82) is 0 Å². The summed E-state index contributed by atoms with van der Waals surface area (Å²) in [6.45, 7) is 15.9. The molecule has 12 aromatic carbocycles. The summed E-state index contributed by atoms with van der Waals surface area (Å²) in [5.41, 5.74) is 22.2. The van der Waals surface area contributed by atoms with E-state index in [0.717, 1.165) is 28.4 Å². The van der Waals surface area contributed by atoms with Gasteiger partial charge in [-0.3, -0.25) is 0 Å². The Hall–Kier alpha value is -8.81. The summed E-state index contributed by atoms with van der Waals surface area (Å²) < 4.78 is -0.181. The minimum atomic E-state index is -2.23. The van der Waals surface area contributed by atoms with Gasteiger partial charge in [-0.05, 0) is 139 Å². The number of rotatable bonds is 12. The molecule has 0 saturated heterocycles.